The number of hydrogen-bond donors (Lipinski definition) is 2. The van der Waals surface area contributed by atoms with Crippen LogP contribution in [0.25, 0.3) is 0 Å². The molecule has 3 N–H and O–H groups in total. The highest BCUT2D eigenvalue weighted by atomic mass is 32.2. The predicted octanol–water partition coefficient (Wildman–Crippen LogP) is 1.97. The molecule has 3 rings (SSSR count). The standard InChI is InChI=1S/C18H19N3O4S/c19-17(22)15-8-1-2-9-16(15)20-18(23)13-6-5-7-14(12-13)21-10-3-4-11-26(21,24)25/h1-2,5-9,12H,3-4,10-11H2,(H2,19,22)(H,20,23). The average Bonchev–Trinajstić information content (AvgIpc) is 2.61. The van der Waals surface area contributed by atoms with E-state index in [-0.39, 0.29) is 11.3 Å². The van der Waals surface area contributed by atoms with Crippen molar-refractivity contribution in [1.29, 1.82) is 0 Å². The first kappa shape index (κ1) is 17.9. The van der Waals surface area contributed by atoms with E-state index in [1.807, 2.05) is 0 Å². The van der Waals surface area contributed by atoms with Crippen molar-refractivity contribution in [1.82, 2.24) is 0 Å². The molecule has 0 atom stereocenters. The van der Waals surface area contributed by atoms with Crippen molar-refractivity contribution in [3.8, 4) is 0 Å². The number of nitrogens with one attached hydrogen (secondary N) is 1. The van der Waals surface area contributed by atoms with E-state index in [0.717, 1.165) is 6.42 Å². The smallest absolute Gasteiger partial charge is 0.255 e. The molecule has 0 unspecified atom stereocenters. The van der Waals surface area contributed by atoms with Crippen LogP contribution in [0.5, 0.6) is 0 Å². The molecule has 1 fully saturated rings. The molecule has 8 heteroatoms. The largest absolute Gasteiger partial charge is 0.366 e. The Balaban J connectivity index is 1.87. The molecule has 2 aromatic rings. The molecule has 0 aromatic heterocycles. The van der Waals surface area contributed by atoms with E-state index in [4.69, 9.17) is 5.73 Å². The number of sulfonamides is 1. The van der Waals surface area contributed by atoms with Gasteiger partial charge in [0.2, 0.25) is 10.0 Å². The molecule has 136 valence electrons. The van der Waals surface area contributed by atoms with E-state index in [2.05, 4.69) is 5.32 Å². The van der Waals surface area contributed by atoms with Crippen LogP contribution in [0.3, 0.4) is 0 Å². The highest BCUT2D eigenvalue weighted by Crippen LogP contribution is 2.25. The third kappa shape index (κ3) is 3.70. The summed E-state index contributed by atoms with van der Waals surface area (Å²) in [7, 11) is -3.36. The van der Waals surface area contributed by atoms with Crippen molar-refractivity contribution in [2.45, 2.75) is 12.8 Å². The van der Waals surface area contributed by atoms with E-state index in [1.165, 1.54) is 16.4 Å². The first-order chi connectivity index (χ1) is 12.4. The van der Waals surface area contributed by atoms with Gasteiger partial charge in [-0.15, -0.1) is 0 Å². The van der Waals surface area contributed by atoms with Crippen LogP contribution < -0.4 is 15.4 Å². The van der Waals surface area contributed by atoms with Crippen LogP contribution in [0, 0.1) is 0 Å². The molecular formula is C18H19N3O4S. The third-order valence-electron chi connectivity index (χ3n) is 4.19. The number of anilines is 2. The molecular weight excluding hydrogens is 354 g/mol. The van der Waals surface area contributed by atoms with Gasteiger partial charge in [0.05, 0.1) is 22.7 Å². The zero-order valence-electron chi connectivity index (χ0n) is 14.0. The van der Waals surface area contributed by atoms with Gasteiger partial charge in [0.1, 0.15) is 0 Å². The first-order valence-corrected chi connectivity index (χ1v) is 9.80. The number of carbonyl (C=O) groups excluding carboxylic acids is 2. The fourth-order valence-electron chi connectivity index (χ4n) is 2.88. The Bertz CT molecular complexity index is 956. The van der Waals surface area contributed by atoms with Gasteiger partial charge in [0, 0.05) is 12.1 Å². The summed E-state index contributed by atoms with van der Waals surface area (Å²) in [5.74, 6) is -0.987. The predicted molar refractivity (Wildman–Crippen MR) is 99.7 cm³/mol. The molecule has 0 bridgehead atoms. The summed E-state index contributed by atoms with van der Waals surface area (Å²) in [5.41, 5.74) is 6.58. The fourth-order valence-corrected chi connectivity index (χ4v) is 4.51. The summed E-state index contributed by atoms with van der Waals surface area (Å²) in [5, 5.41) is 2.65. The Labute approximate surface area is 151 Å². The number of rotatable bonds is 4. The van der Waals surface area contributed by atoms with Crippen molar-refractivity contribution in [2.24, 2.45) is 5.73 Å². The monoisotopic (exact) mass is 373 g/mol. The minimum Gasteiger partial charge on any atom is -0.366 e. The van der Waals surface area contributed by atoms with Crippen LogP contribution in [-0.4, -0.2) is 32.5 Å². The van der Waals surface area contributed by atoms with Gasteiger partial charge in [-0.2, -0.15) is 0 Å². The van der Waals surface area contributed by atoms with Gasteiger partial charge in [0.15, 0.2) is 0 Å². The number of hydrogen-bond acceptors (Lipinski definition) is 4. The Hall–Kier alpha value is -2.87. The Morgan fingerprint density at radius 1 is 1.04 bits per heavy atom. The highest BCUT2D eigenvalue weighted by molar-refractivity contribution is 7.92. The molecule has 2 aromatic carbocycles. The Morgan fingerprint density at radius 3 is 2.54 bits per heavy atom. The molecule has 0 saturated carbocycles. The van der Waals surface area contributed by atoms with Crippen molar-refractivity contribution in [3.63, 3.8) is 0 Å². The molecule has 1 aliphatic rings. The third-order valence-corrected chi connectivity index (χ3v) is 6.06. The molecule has 1 aliphatic heterocycles. The van der Waals surface area contributed by atoms with Crippen LogP contribution in [0.4, 0.5) is 11.4 Å². The molecule has 0 spiro atoms. The lowest BCUT2D eigenvalue weighted by molar-refractivity contribution is 0.100. The highest BCUT2D eigenvalue weighted by Gasteiger charge is 2.26. The maximum atomic E-state index is 12.6. The van der Waals surface area contributed by atoms with Gasteiger partial charge in [-0.3, -0.25) is 13.9 Å². The number of primary amides is 1. The van der Waals surface area contributed by atoms with Crippen LogP contribution in [0.2, 0.25) is 0 Å². The maximum Gasteiger partial charge on any atom is 0.255 e. The van der Waals surface area contributed by atoms with Crippen molar-refractivity contribution < 1.29 is 18.0 Å². The summed E-state index contributed by atoms with van der Waals surface area (Å²) >= 11 is 0. The first-order valence-electron chi connectivity index (χ1n) is 8.19. The second-order valence-corrected chi connectivity index (χ2v) is 8.02. The van der Waals surface area contributed by atoms with Gasteiger partial charge < -0.3 is 11.1 Å². The van der Waals surface area contributed by atoms with E-state index < -0.39 is 21.8 Å². The summed E-state index contributed by atoms with van der Waals surface area (Å²) in [6.07, 6.45) is 1.42. The van der Waals surface area contributed by atoms with Crippen LogP contribution >= 0.6 is 0 Å². The van der Waals surface area contributed by atoms with Crippen molar-refractivity contribution >= 4 is 33.2 Å². The minimum absolute atomic E-state index is 0.107. The number of nitrogens with zero attached hydrogens (tertiary/aromatic N) is 1. The number of carbonyl (C=O) groups is 2. The van der Waals surface area contributed by atoms with Crippen molar-refractivity contribution in [2.75, 3.05) is 21.9 Å². The Morgan fingerprint density at radius 2 is 1.81 bits per heavy atom. The molecule has 7 nitrogen and oxygen atoms in total. The second-order valence-electron chi connectivity index (χ2n) is 6.01. The SMILES string of the molecule is NC(=O)c1ccccc1NC(=O)c1cccc(N2CCCCS2(=O)=O)c1. The number of para-hydroxylation sites is 1. The zero-order chi connectivity index (χ0) is 18.7. The summed E-state index contributed by atoms with van der Waals surface area (Å²) < 4.78 is 25.8. The lowest BCUT2D eigenvalue weighted by atomic mass is 10.1. The molecule has 1 saturated heterocycles. The Kier molecular flexibility index (Phi) is 4.94. The van der Waals surface area contributed by atoms with Gasteiger partial charge in [-0.1, -0.05) is 18.2 Å². The number of benzene rings is 2. The van der Waals surface area contributed by atoms with E-state index in [9.17, 15) is 18.0 Å². The summed E-state index contributed by atoms with van der Waals surface area (Å²) in [6.45, 7) is 0.401. The number of nitrogens with two attached hydrogens (primary N) is 1. The van der Waals surface area contributed by atoms with Crippen LogP contribution in [-0.2, 0) is 10.0 Å². The van der Waals surface area contributed by atoms with Crippen LogP contribution in [0.15, 0.2) is 48.5 Å². The maximum absolute atomic E-state index is 12.6. The second kappa shape index (κ2) is 7.17. The lowest BCUT2D eigenvalue weighted by Crippen LogP contribution is -2.37. The summed E-state index contributed by atoms with van der Waals surface area (Å²) in [4.78, 5) is 24.0. The van der Waals surface area contributed by atoms with Gasteiger partial charge >= 0.3 is 0 Å². The zero-order valence-corrected chi connectivity index (χ0v) is 14.8. The average molecular weight is 373 g/mol. The topological polar surface area (TPSA) is 110 Å². The lowest BCUT2D eigenvalue weighted by Gasteiger charge is -2.28. The molecule has 0 radical (unpaired) electrons. The van der Waals surface area contributed by atoms with Gasteiger partial charge in [0.25, 0.3) is 11.8 Å². The quantitative estimate of drug-likeness (QED) is 0.854. The van der Waals surface area contributed by atoms with Gasteiger partial charge in [-0.05, 0) is 43.2 Å². The van der Waals surface area contributed by atoms with E-state index in [1.54, 1.807) is 36.4 Å². The molecule has 0 aliphatic carbocycles. The number of amides is 2. The van der Waals surface area contributed by atoms with Crippen molar-refractivity contribution in [3.05, 3.63) is 59.7 Å². The summed E-state index contributed by atoms with van der Waals surface area (Å²) in [6, 6.07) is 12.8. The minimum atomic E-state index is -3.36. The molecule has 2 amide bonds. The molecule has 1 heterocycles. The fraction of sp³-hybridized carbons (Fsp3) is 0.222. The van der Waals surface area contributed by atoms with E-state index >= 15 is 0 Å². The molecule has 26 heavy (non-hydrogen) atoms. The van der Waals surface area contributed by atoms with Crippen LogP contribution in [0.1, 0.15) is 33.6 Å². The van der Waals surface area contributed by atoms with Gasteiger partial charge in [-0.25, -0.2) is 8.42 Å². The normalized spacial score (nSPS) is 16.1. The van der Waals surface area contributed by atoms with E-state index in [0.29, 0.717) is 29.9 Å².